The first kappa shape index (κ1) is 24.7. The molecule has 0 fully saturated rings. The summed E-state index contributed by atoms with van der Waals surface area (Å²) >= 11 is 6.36. The van der Waals surface area contributed by atoms with Gasteiger partial charge in [-0.2, -0.15) is 4.99 Å². The lowest BCUT2D eigenvalue weighted by Crippen LogP contribution is -2.56. The predicted molar refractivity (Wildman–Crippen MR) is 128 cm³/mol. The van der Waals surface area contributed by atoms with Crippen LogP contribution in [0.4, 0.5) is 23.7 Å². The molecule has 2 aliphatic rings. The Hall–Kier alpha value is -4.03. The summed E-state index contributed by atoms with van der Waals surface area (Å²) in [5.74, 6) is -3.39. The number of aromatic nitrogens is 1. The molecule has 0 saturated carbocycles. The Morgan fingerprint density at radius 3 is 2.68 bits per heavy atom. The number of H-pyrrole nitrogens is 1. The Balaban J connectivity index is 1.52. The van der Waals surface area contributed by atoms with Crippen LogP contribution in [0.25, 0.3) is 0 Å². The second-order valence-electron chi connectivity index (χ2n) is 8.34. The third kappa shape index (κ3) is 4.85. The number of hydrogen-bond donors (Lipinski definition) is 3. The lowest BCUT2D eigenvalue weighted by atomic mass is 10.1. The number of hydrogen-bond acceptors (Lipinski definition) is 6. The quantitative estimate of drug-likeness (QED) is 0.434. The second kappa shape index (κ2) is 9.79. The maximum atomic E-state index is 14.5. The number of ether oxygens (including phenoxy) is 1. The van der Waals surface area contributed by atoms with Crippen LogP contribution in [0.2, 0.25) is 5.02 Å². The molecule has 0 radical (unpaired) electrons. The summed E-state index contributed by atoms with van der Waals surface area (Å²) in [6.07, 6.45) is 0.305. The van der Waals surface area contributed by atoms with E-state index in [-0.39, 0.29) is 28.7 Å². The molecule has 192 valence electrons. The van der Waals surface area contributed by atoms with Gasteiger partial charge in [0.25, 0.3) is 5.56 Å². The highest BCUT2D eigenvalue weighted by atomic mass is 35.5. The van der Waals surface area contributed by atoms with Crippen molar-refractivity contribution in [2.24, 2.45) is 4.99 Å². The molecule has 5 rings (SSSR count). The number of nitrogens with one attached hydrogen (secondary N) is 2. The van der Waals surface area contributed by atoms with Gasteiger partial charge in [-0.3, -0.25) is 14.6 Å². The van der Waals surface area contributed by atoms with Gasteiger partial charge in [-0.05, 0) is 23.8 Å². The highest BCUT2D eigenvalue weighted by Gasteiger charge is 2.36. The van der Waals surface area contributed by atoms with Crippen LogP contribution in [0.15, 0.2) is 52.4 Å². The highest BCUT2D eigenvalue weighted by Crippen LogP contribution is 2.35. The number of aliphatic hydroxyl groups is 1. The summed E-state index contributed by atoms with van der Waals surface area (Å²) in [6.45, 7) is -0.434. The van der Waals surface area contributed by atoms with E-state index in [0.29, 0.717) is 36.6 Å². The second-order valence-corrected chi connectivity index (χ2v) is 8.75. The number of aliphatic imine (C=N–C) groups is 1. The molecule has 2 aromatic carbocycles. The van der Waals surface area contributed by atoms with E-state index in [1.165, 1.54) is 12.3 Å². The predicted octanol–water partition coefficient (Wildman–Crippen LogP) is 3.56. The summed E-state index contributed by atoms with van der Waals surface area (Å²) < 4.78 is 47.4. The van der Waals surface area contributed by atoms with Crippen molar-refractivity contribution >= 4 is 29.3 Å². The smallest absolute Gasteiger partial charge is 0.330 e. The van der Waals surface area contributed by atoms with Crippen LogP contribution in [-0.4, -0.2) is 44.8 Å². The molecule has 1 atom stereocenters. The average Bonchev–Trinajstić information content (AvgIpc) is 3.30. The first-order chi connectivity index (χ1) is 17.7. The molecular weight excluding hydrogens is 515 g/mol. The molecule has 37 heavy (non-hydrogen) atoms. The normalized spacial score (nSPS) is 16.9. The number of fused-ring (bicyclic) bond motifs is 1. The van der Waals surface area contributed by atoms with E-state index in [9.17, 15) is 27.9 Å². The summed E-state index contributed by atoms with van der Waals surface area (Å²) in [5.41, 5.74) is 0.499. The fourth-order valence-corrected chi connectivity index (χ4v) is 4.22. The zero-order chi connectivity index (χ0) is 26.3. The van der Waals surface area contributed by atoms with Gasteiger partial charge in [-0.1, -0.05) is 17.7 Å². The van der Waals surface area contributed by atoms with Gasteiger partial charge in [-0.25, -0.2) is 18.0 Å². The third-order valence-electron chi connectivity index (χ3n) is 5.93. The van der Waals surface area contributed by atoms with Crippen molar-refractivity contribution < 1.29 is 27.8 Å². The van der Waals surface area contributed by atoms with Gasteiger partial charge >= 0.3 is 6.03 Å². The van der Waals surface area contributed by atoms with E-state index in [0.717, 1.165) is 15.4 Å². The van der Waals surface area contributed by atoms with Crippen LogP contribution in [0.3, 0.4) is 0 Å². The largest absolute Gasteiger partial charge is 0.493 e. The number of anilines is 1. The van der Waals surface area contributed by atoms with E-state index >= 15 is 0 Å². The Kier molecular flexibility index (Phi) is 6.52. The third-order valence-corrected chi connectivity index (χ3v) is 6.25. The van der Waals surface area contributed by atoms with Crippen molar-refractivity contribution in [1.29, 1.82) is 0 Å². The van der Waals surface area contributed by atoms with Gasteiger partial charge in [0.15, 0.2) is 11.6 Å². The van der Waals surface area contributed by atoms with Gasteiger partial charge in [0, 0.05) is 35.9 Å². The van der Waals surface area contributed by atoms with Crippen LogP contribution in [-0.2, 0) is 19.5 Å². The van der Waals surface area contributed by atoms with Gasteiger partial charge in [-0.15, -0.1) is 0 Å². The minimum absolute atomic E-state index is 0.155. The van der Waals surface area contributed by atoms with Gasteiger partial charge < -0.3 is 20.1 Å². The SMILES string of the molecule is O=C1N(Cc2cc(F)c(F)cc2F)C(Nc2cc3c(cc2Cl)OCC3)=NC(O)N1Cc1ccc[nH]c1=O. The maximum Gasteiger partial charge on any atom is 0.330 e. The first-order valence-electron chi connectivity index (χ1n) is 11.1. The number of carbonyl (C=O) groups excluding carboxylic acids is 1. The molecule has 2 amide bonds. The number of nitrogens with zero attached hydrogens (tertiary/aromatic N) is 3. The number of aromatic amines is 1. The summed E-state index contributed by atoms with van der Waals surface area (Å²) in [5, 5.41) is 13.8. The minimum atomic E-state index is -1.72. The number of halogens is 4. The molecular formula is C24H19ClF3N5O4. The molecule has 0 aliphatic carbocycles. The van der Waals surface area contributed by atoms with Crippen LogP contribution in [0, 0.1) is 17.5 Å². The van der Waals surface area contributed by atoms with Crippen molar-refractivity contribution in [2.75, 3.05) is 11.9 Å². The molecule has 2 aliphatic heterocycles. The topological polar surface area (TPSA) is 110 Å². The number of rotatable bonds is 5. The van der Waals surface area contributed by atoms with E-state index in [1.54, 1.807) is 18.2 Å². The molecule has 0 bridgehead atoms. The van der Waals surface area contributed by atoms with Gasteiger partial charge in [0.05, 0.1) is 30.4 Å². The molecule has 3 aromatic rings. The summed E-state index contributed by atoms with van der Waals surface area (Å²) in [7, 11) is 0. The summed E-state index contributed by atoms with van der Waals surface area (Å²) in [4.78, 5) is 34.0. The zero-order valence-electron chi connectivity index (χ0n) is 19.0. The fraction of sp³-hybridized carbons (Fsp3) is 0.208. The average molecular weight is 534 g/mol. The van der Waals surface area contributed by atoms with Crippen molar-refractivity contribution in [3.05, 3.63) is 92.1 Å². The number of guanidine groups is 1. The van der Waals surface area contributed by atoms with Gasteiger partial charge in [0.2, 0.25) is 12.3 Å². The Morgan fingerprint density at radius 1 is 1.11 bits per heavy atom. The number of urea groups is 1. The number of aliphatic hydroxyl groups excluding tert-OH is 1. The molecule has 0 saturated heterocycles. The summed E-state index contributed by atoms with van der Waals surface area (Å²) in [6, 6.07) is 6.41. The van der Waals surface area contributed by atoms with Crippen LogP contribution < -0.4 is 15.6 Å². The Bertz CT molecular complexity index is 1480. The molecule has 13 heteroatoms. The van der Waals surface area contributed by atoms with Crippen molar-refractivity contribution in [1.82, 2.24) is 14.8 Å². The first-order valence-corrected chi connectivity index (χ1v) is 11.5. The van der Waals surface area contributed by atoms with Crippen LogP contribution >= 0.6 is 11.6 Å². The molecule has 0 spiro atoms. The van der Waals surface area contributed by atoms with Crippen molar-refractivity contribution in [3.63, 3.8) is 0 Å². The van der Waals surface area contributed by atoms with Crippen molar-refractivity contribution in [2.45, 2.75) is 25.9 Å². The molecule has 1 aromatic heterocycles. The van der Waals surface area contributed by atoms with Crippen molar-refractivity contribution in [3.8, 4) is 5.75 Å². The van der Waals surface area contributed by atoms with E-state index < -0.39 is 41.9 Å². The Labute approximate surface area is 212 Å². The standard InChI is InChI=1S/C24H19ClF3N5O4/c25-15-8-20-12(3-5-37-20)7-19(15)30-22-31-23(35)33(10-13-2-1-4-29-21(13)34)24(36)32(22)11-14-6-17(27)18(28)9-16(14)26/h1-2,4,6-9,23,35H,3,5,10-11H2,(H,29,34)(H,30,31). The number of carbonyl (C=O) groups is 1. The molecule has 3 N–H and O–H groups in total. The lowest BCUT2D eigenvalue weighted by molar-refractivity contribution is 0.0152. The Morgan fingerprint density at radius 2 is 1.89 bits per heavy atom. The monoisotopic (exact) mass is 533 g/mol. The highest BCUT2D eigenvalue weighted by molar-refractivity contribution is 6.34. The minimum Gasteiger partial charge on any atom is -0.493 e. The maximum absolute atomic E-state index is 14.5. The van der Waals surface area contributed by atoms with Crippen LogP contribution in [0.1, 0.15) is 16.7 Å². The molecule has 3 heterocycles. The molecule has 9 nitrogen and oxygen atoms in total. The van der Waals surface area contributed by atoms with E-state index in [2.05, 4.69) is 15.3 Å². The lowest BCUT2D eigenvalue weighted by Gasteiger charge is -2.37. The fourth-order valence-electron chi connectivity index (χ4n) is 4.02. The van der Waals surface area contributed by atoms with Gasteiger partial charge in [0.1, 0.15) is 11.6 Å². The van der Waals surface area contributed by atoms with E-state index in [1.807, 2.05) is 0 Å². The zero-order valence-corrected chi connectivity index (χ0v) is 19.7. The number of benzene rings is 2. The van der Waals surface area contributed by atoms with Crippen LogP contribution in [0.5, 0.6) is 5.75 Å². The molecule has 1 unspecified atom stereocenters. The number of amides is 2. The number of pyridine rings is 1. The van der Waals surface area contributed by atoms with E-state index in [4.69, 9.17) is 16.3 Å².